The zero-order valence-electron chi connectivity index (χ0n) is 17.9. The van der Waals surface area contributed by atoms with Gasteiger partial charge in [-0.05, 0) is 86.1 Å². The van der Waals surface area contributed by atoms with Crippen molar-refractivity contribution in [3.8, 4) is 0 Å². The first-order chi connectivity index (χ1) is 14.5. The smallest absolute Gasteiger partial charge is 0.393 e. The van der Waals surface area contributed by atoms with Gasteiger partial charge >= 0.3 is 6.18 Å². The molecule has 4 atom stereocenters. The quantitative estimate of drug-likeness (QED) is 0.536. The van der Waals surface area contributed by atoms with E-state index in [9.17, 15) is 23.1 Å². The van der Waals surface area contributed by atoms with Gasteiger partial charge in [-0.3, -0.25) is 4.79 Å². The van der Waals surface area contributed by atoms with Crippen molar-refractivity contribution in [2.45, 2.75) is 64.7 Å². The molecule has 0 aromatic heterocycles. The van der Waals surface area contributed by atoms with Crippen molar-refractivity contribution < 1.29 is 23.1 Å². The molecule has 164 valence electrons. The Balaban J connectivity index is 1.61. The SMILES string of the molecule is C[C@]12CC[C@H]3C(=C1C=C(c1cccc(C(F)(F)F)c1)C2=O)CC=C1C[C@@H](O)CC[C@@]13C. The average molecular weight is 428 g/mol. The summed E-state index contributed by atoms with van der Waals surface area (Å²) in [7, 11) is 0. The number of fused-ring (bicyclic) bond motifs is 4. The Morgan fingerprint density at radius 1 is 1.13 bits per heavy atom. The van der Waals surface area contributed by atoms with Gasteiger partial charge in [-0.25, -0.2) is 0 Å². The predicted molar refractivity (Wildman–Crippen MR) is 113 cm³/mol. The first-order valence-electron chi connectivity index (χ1n) is 11.1. The molecule has 4 aliphatic rings. The van der Waals surface area contributed by atoms with E-state index in [0.29, 0.717) is 23.5 Å². The third-order valence-corrected chi connectivity index (χ3v) is 8.35. The maximum atomic E-state index is 13.5. The Morgan fingerprint density at radius 3 is 2.65 bits per heavy atom. The fourth-order valence-electron chi connectivity index (χ4n) is 6.48. The minimum atomic E-state index is -4.44. The first kappa shape index (κ1) is 20.7. The molecule has 1 aromatic carbocycles. The van der Waals surface area contributed by atoms with E-state index in [1.807, 2.05) is 13.0 Å². The molecular formula is C26H27F3O2. The highest BCUT2D eigenvalue weighted by molar-refractivity contribution is 6.28. The highest BCUT2D eigenvalue weighted by Gasteiger charge is 2.53. The van der Waals surface area contributed by atoms with E-state index >= 15 is 0 Å². The van der Waals surface area contributed by atoms with Crippen molar-refractivity contribution >= 4 is 11.4 Å². The number of hydrogen-bond donors (Lipinski definition) is 1. The lowest BCUT2D eigenvalue weighted by molar-refractivity contribution is -0.137. The molecule has 5 heteroatoms. The van der Waals surface area contributed by atoms with E-state index in [2.05, 4.69) is 13.0 Å². The van der Waals surface area contributed by atoms with E-state index in [1.165, 1.54) is 17.2 Å². The van der Waals surface area contributed by atoms with E-state index in [4.69, 9.17) is 0 Å². The van der Waals surface area contributed by atoms with Crippen LogP contribution in [0, 0.1) is 16.7 Å². The first-order valence-corrected chi connectivity index (χ1v) is 11.1. The van der Waals surface area contributed by atoms with Gasteiger partial charge < -0.3 is 5.11 Å². The van der Waals surface area contributed by atoms with Crippen LogP contribution in [0.1, 0.15) is 63.5 Å². The second-order valence-electron chi connectivity index (χ2n) is 10.1. The third-order valence-electron chi connectivity index (χ3n) is 8.35. The number of aliphatic hydroxyl groups is 1. The van der Waals surface area contributed by atoms with Crippen LogP contribution in [0.4, 0.5) is 13.2 Å². The van der Waals surface area contributed by atoms with Crippen molar-refractivity contribution in [1.82, 2.24) is 0 Å². The van der Waals surface area contributed by atoms with Gasteiger partial charge in [-0.2, -0.15) is 13.2 Å². The number of aliphatic hydroxyl groups excluding tert-OH is 1. The molecule has 0 aliphatic heterocycles. The molecule has 0 unspecified atom stereocenters. The zero-order valence-corrected chi connectivity index (χ0v) is 17.9. The fourth-order valence-corrected chi connectivity index (χ4v) is 6.48. The summed E-state index contributed by atoms with van der Waals surface area (Å²) in [6.45, 7) is 4.24. The normalized spacial score (nSPS) is 35.2. The van der Waals surface area contributed by atoms with Gasteiger partial charge in [0.1, 0.15) is 0 Å². The molecule has 31 heavy (non-hydrogen) atoms. The highest BCUT2D eigenvalue weighted by atomic mass is 19.4. The molecule has 1 fully saturated rings. The van der Waals surface area contributed by atoms with Crippen molar-refractivity contribution in [3.05, 3.63) is 64.3 Å². The third kappa shape index (κ3) is 3.00. The molecule has 1 saturated carbocycles. The maximum absolute atomic E-state index is 13.5. The van der Waals surface area contributed by atoms with Crippen LogP contribution in [0.2, 0.25) is 0 Å². The number of carbonyl (C=O) groups is 1. The summed E-state index contributed by atoms with van der Waals surface area (Å²) in [5, 5.41) is 10.1. The van der Waals surface area contributed by atoms with Crippen molar-refractivity contribution in [2.75, 3.05) is 0 Å². The van der Waals surface area contributed by atoms with E-state index in [-0.39, 0.29) is 17.3 Å². The molecule has 4 aliphatic carbocycles. The highest BCUT2D eigenvalue weighted by Crippen LogP contribution is 2.61. The van der Waals surface area contributed by atoms with Gasteiger partial charge in [-0.1, -0.05) is 36.3 Å². The number of allylic oxidation sites excluding steroid dienone is 5. The second kappa shape index (κ2) is 6.68. The van der Waals surface area contributed by atoms with Crippen molar-refractivity contribution in [3.63, 3.8) is 0 Å². The summed E-state index contributed by atoms with van der Waals surface area (Å²) in [6, 6.07) is 5.12. The van der Waals surface area contributed by atoms with Gasteiger partial charge in [0.15, 0.2) is 5.78 Å². The van der Waals surface area contributed by atoms with Crippen LogP contribution in [0.25, 0.3) is 5.57 Å². The maximum Gasteiger partial charge on any atom is 0.416 e. The molecule has 1 N–H and O–H groups in total. The fraction of sp³-hybridized carbons (Fsp3) is 0.500. The number of carbonyl (C=O) groups excluding carboxylic acids is 1. The van der Waals surface area contributed by atoms with Crippen molar-refractivity contribution in [2.24, 2.45) is 16.7 Å². The van der Waals surface area contributed by atoms with Crippen LogP contribution < -0.4 is 0 Å². The lowest BCUT2D eigenvalue weighted by atomic mass is 9.53. The van der Waals surface area contributed by atoms with Crippen LogP contribution in [0.5, 0.6) is 0 Å². The lowest BCUT2D eigenvalue weighted by Crippen LogP contribution is -2.43. The monoisotopic (exact) mass is 428 g/mol. The predicted octanol–water partition coefficient (Wildman–Crippen LogP) is 6.27. The molecule has 1 aromatic rings. The van der Waals surface area contributed by atoms with E-state index in [0.717, 1.165) is 49.8 Å². The van der Waals surface area contributed by atoms with Crippen LogP contribution in [0.15, 0.2) is 53.1 Å². The number of benzene rings is 1. The van der Waals surface area contributed by atoms with E-state index < -0.39 is 17.2 Å². The molecule has 2 nitrogen and oxygen atoms in total. The molecule has 0 bridgehead atoms. The van der Waals surface area contributed by atoms with E-state index in [1.54, 1.807) is 6.07 Å². The minimum absolute atomic E-state index is 0.00299. The van der Waals surface area contributed by atoms with Crippen molar-refractivity contribution in [1.29, 1.82) is 0 Å². The van der Waals surface area contributed by atoms with Crippen LogP contribution in [-0.2, 0) is 11.0 Å². The lowest BCUT2D eigenvalue weighted by Gasteiger charge is -2.51. The van der Waals surface area contributed by atoms with Gasteiger partial charge in [0.25, 0.3) is 0 Å². The largest absolute Gasteiger partial charge is 0.416 e. The van der Waals surface area contributed by atoms with Gasteiger partial charge in [0.2, 0.25) is 0 Å². The standard InChI is InChI=1S/C26H27F3O2/c1-24-10-8-18(30)13-16(24)6-7-19-21(24)9-11-25(2)22(19)14-20(23(25)31)15-4-3-5-17(12-15)26(27,28)29/h3-6,12,14,18,21,30H,7-11,13H2,1-2H3/t18-,21-,24-,25-/m0/s1. The number of alkyl halides is 3. The average Bonchev–Trinajstić information content (AvgIpc) is 2.99. The van der Waals surface area contributed by atoms with Gasteiger partial charge in [0, 0.05) is 5.57 Å². The Morgan fingerprint density at radius 2 is 1.90 bits per heavy atom. The summed E-state index contributed by atoms with van der Waals surface area (Å²) in [4.78, 5) is 13.5. The van der Waals surface area contributed by atoms with Crippen LogP contribution in [0.3, 0.4) is 0 Å². The Hall–Kier alpha value is -2.14. The molecule has 0 radical (unpaired) electrons. The number of Topliss-reactive ketones (excluding diaryl/α,β-unsaturated/α-hetero) is 1. The summed E-state index contributed by atoms with van der Waals surface area (Å²) in [6.07, 6.45) is 4.19. The number of rotatable bonds is 1. The molecule has 5 rings (SSSR count). The second-order valence-corrected chi connectivity index (χ2v) is 10.1. The Labute approximate surface area is 180 Å². The number of ketones is 1. The zero-order chi connectivity index (χ0) is 22.2. The Bertz CT molecular complexity index is 1060. The van der Waals surface area contributed by atoms with Gasteiger partial charge in [-0.15, -0.1) is 0 Å². The Kier molecular flexibility index (Phi) is 4.47. The molecule has 0 amide bonds. The summed E-state index contributed by atoms with van der Waals surface area (Å²) < 4.78 is 39.7. The molecular weight excluding hydrogens is 401 g/mol. The summed E-state index contributed by atoms with van der Waals surface area (Å²) in [5.41, 5.74) is 2.97. The molecule has 0 spiro atoms. The van der Waals surface area contributed by atoms with Crippen LogP contribution >= 0.6 is 0 Å². The summed E-state index contributed by atoms with van der Waals surface area (Å²) >= 11 is 0. The number of hydrogen-bond acceptors (Lipinski definition) is 2. The molecule has 0 heterocycles. The summed E-state index contributed by atoms with van der Waals surface area (Å²) in [5.74, 6) is 0.264. The number of halogens is 3. The topological polar surface area (TPSA) is 37.3 Å². The molecule has 0 saturated heterocycles. The minimum Gasteiger partial charge on any atom is -0.393 e. The van der Waals surface area contributed by atoms with Crippen LogP contribution in [-0.4, -0.2) is 17.0 Å². The van der Waals surface area contributed by atoms with Gasteiger partial charge in [0.05, 0.1) is 17.1 Å².